The summed E-state index contributed by atoms with van der Waals surface area (Å²) in [5.74, 6) is 0. The van der Waals surface area contributed by atoms with Gasteiger partial charge in [-0.3, -0.25) is 4.79 Å². The molecule has 0 spiro atoms. The van der Waals surface area contributed by atoms with Gasteiger partial charge >= 0.3 is 0 Å². The van der Waals surface area contributed by atoms with E-state index in [1.807, 2.05) is 6.07 Å². The minimum absolute atomic E-state index is 0.367. The summed E-state index contributed by atoms with van der Waals surface area (Å²) in [4.78, 5) is 10.5. The maximum atomic E-state index is 10.5. The molecular formula is C8H3Br2NO. The molecule has 0 aliphatic rings. The van der Waals surface area contributed by atoms with Crippen molar-refractivity contribution in [3.63, 3.8) is 0 Å². The molecule has 0 heterocycles. The molecule has 12 heavy (non-hydrogen) atoms. The lowest BCUT2D eigenvalue weighted by Gasteiger charge is -1.99. The Labute approximate surface area is 86.5 Å². The molecule has 0 fully saturated rings. The fourth-order valence-corrected chi connectivity index (χ4v) is 2.12. The van der Waals surface area contributed by atoms with Gasteiger partial charge < -0.3 is 0 Å². The van der Waals surface area contributed by atoms with Gasteiger partial charge in [-0.1, -0.05) is 15.9 Å². The second kappa shape index (κ2) is 3.83. The number of benzene rings is 1. The predicted molar refractivity (Wildman–Crippen MR) is 51.9 cm³/mol. The van der Waals surface area contributed by atoms with Crippen molar-refractivity contribution in [2.24, 2.45) is 0 Å². The first kappa shape index (κ1) is 9.43. The Morgan fingerprint density at radius 2 is 2.08 bits per heavy atom. The highest BCUT2D eigenvalue weighted by atomic mass is 79.9. The van der Waals surface area contributed by atoms with Crippen molar-refractivity contribution in [2.45, 2.75) is 0 Å². The second-order valence-corrected chi connectivity index (χ2v) is 3.85. The Bertz CT molecular complexity index is 368. The van der Waals surface area contributed by atoms with Crippen LogP contribution in [-0.4, -0.2) is 6.29 Å². The number of carbonyl (C=O) groups is 1. The minimum Gasteiger partial charge on any atom is -0.298 e. The van der Waals surface area contributed by atoms with E-state index < -0.39 is 0 Å². The van der Waals surface area contributed by atoms with E-state index in [2.05, 4.69) is 31.9 Å². The van der Waals surface area contributed by atoms with E-state index in [4.69, 9.17) is 5.26 Å². The maximum absolute atomic E-state index is 10.5. The SMILES string of the molecule is N#Cc1cc(Br)cc(Br)c1C=O. The van der Waals surface area contributed by atoms with Crippen LogP contribution < -0.4 is 0 Å². The van der Waals surface area contributed by atoms with Crippen molar-refractivity contribution < 1.29 is 4.79 Å². The molecule has 1 rings (SSSR count). The van der Waals surface area contributed by atoms with Gasteiger partial charge in [0.2, 0.25) is 0 Å². The number of nitrogens with zero attached hydrogens (tertiary/aromatic N) is 1. The van der Waals surface area contributed by atoms with Crippen LogP contribution in [-0.2, 0) is 0 Å². The molecular weight excluding hydrogens is 286 g/mol. The second-order valence-electron chi connectivity index (χ2n) is 2.08. The molecule has 0 saturated carbocycles. The highest BCUT2D eigenvalue weighted by Crippen LogP contribution is 2.24. The molecule has 1 aromatic carbocycles. The van der Waals surface area contributed by atoms with Crippen molar-refractivity contribution >= 4 is 38.1 Å². The van der Waals surface area contributed by atoms with Gasteiger partial charge in [-0.2, -0.15) is 5.26 Å². The van der Waals surface area contributed by atoms with Gasteiger partial charge in [0.1, 0.15) is 0 Å². The number of hydrogen-bond acceptors (Lipinski definition) is 2. The topological polar surface area (TPSA) is 40.9 Å². The van der Waals surface area contributed by atoms with Gasteiger partial charge in [0, 0.05) is 14.5 Å². The van der Waals surface area contributed by atoms with Crippen molar-refractivity contribution in [3.05, 3.63) is 32.2 Å². The normalized spacial score (nSPS) is 9.08. The molecule has 0 aliphatic heterocycles. The first-order valence-corrected chi connectivity index (χ1v) is 4.62. The standard InChI is InChI=1S/C8H3Br2NO/c9-6-1-5(3-11)7(4-12)8(10)2-6/h1-2,4H. The minimum atomic E-state index is 0.367. The average Bonchev–Trinajstić information content (AvgIpc) is 2.03. The van der Waals surface area contributed by atoms with Crippen LogP contribution in [0, 0.1) is 11.3 Å². The Morgan fingerprint density at radius 1 is 1.42 bits per heavy atom. The van der Waals surface area contributed by atoms with E-state index >= 15 is 0 Å². The summed E-state index contributed by atoms with van der Waals surface area (Å²) in [5, 5.41) is 8.65. The van der Waals surface area contributed by atoms with Crippen LogP contribution >= 0.6 is 31.9 Å². The van der Waals surface area contributed by atoms with Crippen LogP contribution in [0.3, 0.4) is 0 Å². The molecule has 2 nitrogen and oxygen atoms in total. The van der Waals surface area contributed by atoms with Crippen molar-refractivity contribution in [2.75, 3.05) is 0 Å². The molecule has 0 atom stereocenters. The van der Waals surface area contributed by atoms with Crippen LogP contribution in [0.2, 0.25) is 0 Å². The molecule has 0 bridgehead atoms. The summed E-state index contributed by atoms with van der Waals surface area (Å²) < 4.78 is 1.40. The molecule has 0 aromatic heterocycles. The van der Waals surface area contributed by atoms with Gasteiger partial charge in [-0.25, -0.2) is 0 Å². The summed E-state index contributed by atoms with van der Waals surface area (Å²) in [6, 6.07) is 5.27. The third-order valence-corrected chi connectivity index (χ3v) is 2.45. The highest BCUT2D eigenvalue weighted by molar-refractivity contribution is 9.11. The van der Waals surface area contributed by atoms with Crippen LogP contribution in [0.25, 0.3) is 0 Å². The van der Waals surface area contributed by atoms with Gasteiger partial charge in [-0.15, -0.1) is 0 Å². The average molecular weight is 289 g/mol. The number of aldehydes is 1. The number of hydrogen-bond donors (Lipinski definition) is 0. The Hall–Kier alpha value is -0.660. The Kier molecular flexibility index (Phi) is 3.01. The number of carbonyl (C=O) groups excluding carboxylic acids is 1. The third-order valence-electron chi connectivity index (χ3n) is 1.33. The van der Waals surface area contributed by atoms with Gasteiger partial charge in [0.15, 0.2) is 6.29 Å². The molecule has 0 radical (unpaired) electrons. The highest BCUT2D eigenvalue weighted by Gasteiger charge is 2.06. The van der Waals surface area contributed by atoms with E-state index in [9.17, 15) is 4.79 Å². The maximum Gasteiger partial charge on any atom is 0.152 e. The summed E-state index contributed by atoms with van der Waals surface area (Å²) in [6.07, 6.45) is 0.662. The van der Waals surface area contributed by atoms with E-state index in [1.54, 1.807) is 12.1 Å². The number of nitriles is 1. The van der Waals surface area contributed by atoms with E-state index in [-0.39, 0.29) is 0 Å². The van der Waals surface area contributed by atoms with Crippen LogP contribution in [0.15, 0.2) is 21.1 Å². The van der Waals surface area contributed by atoms with Gasteiger partial charge in [0.25, 0.3) is 0 Å². The van der Waals surface area contributed by atoms with Crippen LogP contribution in [0.1, 0.15) is 15.9 Å². The lowest BCUT2D eigenvalue weighted by atomic mass is 10.1. The predicted octanol–water partition coefficient (Wildman–Crippen LogP) is 2.90. The Morgan fingerprint density at radius 3 is 2.58 bits per heavy atom. The largest absolute Gasteiger partial charge is 0.298 e. The number of rotatable bonds is 1. The van der Waals surface area contributed by atoms with Crippen molar-refractivity contribution in [3.8, 4) is 6.07 Å². The monoisotopic (exact) mass is 287 g/mol. The molecule has 0 saturated heterocycles. The molecule has 0 unspecified atom stereocenters. The van der Waals surface area contributed by atoms with Gasteiger partial charge in [0.05, 0.1) is 11.6 Å². The zero-order valence-corrected chi connectivity index (χ0v) is 9.02. The van der Waals surface area contributed by atoms with Crippen molar-refractivity contribution in [1.82, 2.24) is 0 Å². The molecule has 4 heteroatoms. The van der Waals surface area contributed by atoms with E-state index in [0.717, 1.165) is 4.47 Å². The van der Waals surface area contributed by atoms with Crippen LogP contribution in [0.5, 0.6) is 0 Å². The summed E-state index contributed by atoms with van der Waals surface area (Å²) >= 11 is 6.41. The quantitative estimate of drug-likeness (QED) is 0.746. The first-order chi connectivity index (χ1) is 5.69. The zero-order chi connectivity index (χ0) is 9.14. The summed E-state index contributed by atoms with van der Waals surface area (Å²) in [7, 11) is 0. The lowest BCUT2D eigenvalue weighted by molar-refractivity contribution is 0.112. The van der Waals surface area contributed by atoms with E-state index in [1.165, 1.54) is 0 Å². The number of halogens is 2. The van der Waals surface area contributed by atoms with Crippen LogP contribution in [0.4, 0.5) is 0 Å². The fraction of sp³-hybridized carbons (Fsp3) is 0. The first-order valence-electron chi connectivity index (χ1n) is 3.03. The third kappa shape index (κ3) is 1.74. The molecule has 0 aliphatic carbocycles. The summed E-state index contributed by atoms with van der Waals surface area (Å²) in [5.41, 5.74) is 0.756. The zero-order valence-electron chi connectivity index (χ0n) is 5.84. The Balaban J connectivity index is 3.46. The molecule has 0 amide bonds. The molecule has 0 N–H and O–H groups in total. The summed E-state index contributed by atoms with van der Waals surface area (Å²) in [6.45, 7) is 0. The van der Waals surface area contributed by atoms with E-state index in [0.29, 0.717) is 21.9 Å². The molecule has 60 valence electrons. The van der Waals surface area contributed by atoms with Gasteiger partial charge in [-0.05, 0) is 28.1 Å². The van der Waals surface area contributed by atoms with Crippen molar-refractivity contribution in [1.29, 1.82) is 5.26 Å². The fourth-order valence-electron chi connectivity index (χ4n) is 0.797. The smallest absolute Gasteiger partial charge is 0.152 e. The lowest BCUT2D eigenvalue weighted by Crippen LogP contribution is -1.88. The molecule has 1 aromatic rings.